The fourth-order valence-electron chi connectivity index (χ4n) is 1.65. The van der Waals surface area contributed by atoms with Crippen LogP contribution >= 0.6 is 0 Å². The zero-order valence-electron chi connectivity index (χ0n) is 11.8. The molecule has 0 aromatic rings. The predicted molar refractivity (Wildman–Crippen MR) is 61.2 cm³/mol. The summed E-state index contributed by atoms with van der Waals surface area (Å²) in [5.41, 5.74) is -4.29. The molecule has 120 valence electrons. The van der Waals surface area contributed by atoms with Crippen LogP contribution in [0.15, 0.2) is 0 Å². The number of carbonyl (C=O) groups excluding carboxylic acids is 1. The van der Waals surface area contributed by atoms with E-state index >= 15 is 0 Å². The SMILES string of the molecule is CC(C)N(C(=O)NC(C)(C(F)(F)F)C(F)(F)F)C(C)C. The minimum atomic E-state index is -5.65. The quantitative estimate of drug-likeness (QED) is 0.792. The minimum absolute atomic E-state index is 0.0935. The standard InChI is InChI=1S/C11H18F6N2O/c1-6(2)19(7(3)4)8(20)18-9(5,10(12,13)14)11(15,16)17/h6-7H,1-5H3,(H,18,20). The molecule has 3 nitrogen and oxygen atoms in total. The summed E-state index contributed by atoms with van der Waals surface area (Å²) in [5, 5.41) is 1.07. The van der Waals surface area contributed by atoms with Crippen LogP contribution in [-0.2, 0) is 0 Å². The van der Waals surface area contributed by atoms with Crippen LogP contribution in [0, 0.1) is 0 Å². The molecule has 0 unspecified atom stereocenters. The van der Waals surface area contributed by atoms with Crippen LogP contribution in [0.2, 0.25) is 0 Å². The molecular formula is C11H18F6N2O. The first kappa shape index (κ1) is 18.9. The van der Waals surface area contributed by atoms with Crippen molar-refractivity contribution < 1.29 is 31.1 Å². The van der Waals surface area contributed by atoms with Crippen LogP contribution in [0.5, 0.6) is 0 Å². The Morgan fingerprint density at radius 2 is 1.20 bits per heavy atom. The van der Waals surface area contributed by atoms with E-state index < -0.39 is 36.0 Å². The number of nitrogens with one attached hydrogen (secondary N) is 1. The lowest BCUT2D eigenvalue weighted by Crippen LogP contribution is -2.68. The van der Waals surface area contributed by atoms with E-state index in [1.807, 2.05) is 0 Å². The number of rotatable bonds is 3. The molecule has 0 saturated carbocycles. The van der Waals surface area contributed by atoms with E-state index in [9.17, 15) is 31.1 Å². The van der Waals surface area contributed by atoms with Gasteiger partial charge in [0.1, 0.15) is 0 Å². The van der Waals surface area contributed by atoms with Crippen molar-refractivity contribution in [2.24, 2.45) is 0 Å². The number of nitrogens with zero attached hydrogens (tertiary/aromatic N) is 1. The number of alkyl halides is 6. The Morgan fingerprint density at radius 1 is 0.900 bits per heavy atom. The lowest BCUT2D eigenvalue weighted by Gasteiger charge is -2.38. The highest BCUT2D eigenvalue weighted by Crippen LogP contribution is 2.42. The lowest BCUT2D eigenvalue weighted by atomic mass is 10.0. The fraction of sp³-hybridized carbons (Fsp3) is 0.909. The Morgan fingerprint density at radius 3 is 1.40 bits per heavy atom. The Bertz CT molecular complexity index is 326. The second-order valence-corrected chi connectivity index (χ2v) is 5.15. The van der Waals surface area contributed by atoms with Gasteiger partial charge >= 0.3 is 18.4 Å². The van der Waals surface area contributed by atoms with Gasteiger partial charge in [0.25, 0.3) is 0 Å². The highest BCUT2D eigenvalue weighted by molar-refractivity contribution is 5.76. The van der Waals surface area contributed by atoms with Crippen molar-refractivity contribution in [3.05, 3.63) is 0 Å². The van der Waals surface area contributed by atoms with Crippen molar-refractivity contribution >= 4 is 6.03 Å². The topological polar surface area (TPSA) is 32.3 Å². The van der Waals surface area contributed by atoms with E-state index in [2.05, 4.69) is 0 Å². The number of amides is 2. The van der Waals surface area contributed by atoms with Gasteiger partial charge in [-0.15, -0.1) is 0 Å². The molecule has 0 aliphatic heterocycles. The summed E-state index contributed by atoms with van der Waals surface area (Å²) in [6.45, 7) is 5.90. The van der Waals surface area contributed by atoms with E-state index in [-0.39, 0.29) is 6.92 Å². The molecule has 1 N–H and O–H groups in total. The maximum absolute atomic E-state index is 12.7. The molecule has 0 saturated heterocycles. The van der Waals surface area contributed by atoms with Crippen LogP contribution in [0.25, 0.3) is 0 Å². The molecule has 0 aliphatic carbocycles. The Labute approximate surface area is 113 Å². The summed E-state index contributed by atoms with van der Waals surface area (Å²) in [7, 11) is 0. The first-order valence-electron chi connectivity index (χ1n) is 5.89. The summed E-state index contributed by atoms with van der Waals surface area (Å²) >= 11 is 0. The minimum Gasteiger partial charge on any atom is -0.320 e. The first-order chi connectivity index (χ1) is 8.65. The normalized spacial score (nSPS) is 13.8. The van der Waals surface area contributed by atoms with Crippen molar-refractivity contribution in [2.75, 3.05) is 0 Å². The molecule has 9 heteroatoms. The number of hydrogen-bond donors (Lipinski definition) is 1. The molecule has 20 heavy (non-hydrogen) atoms. The maximum Gasteiger partial charge on any atom is 0.420 e. The molecule has 0 rings (SSSR count). The second-order valence-electron chi connectivity index (χ2n) is 5.15. The summed E-state index contributed by atoms with van der Waals surface area (Å²) in [6.07, 6.45) is -11.3. The largest absolute Gasteiger partial charge is 0.420 e. The third-order valence-electron chi connectivity index (χ3n) is 2.84. The van der Waals surface area contributed by atoms with Gasteiger partial charge in [0.15, 0.2) is 0 Å². The summed E-state index contributed by atoms with van der Waals surface area (Å²) in [5.74, 6) is 0. The van der Waals surface area contributed by atoms with Crippen LogP contribution in [0.3, 0.4) is 0 Å². The van der Waals surface area contributed by atoms with Crippen LogP contribution in [0.1, 0.15) is 34.6 Å². The highest BCUT2D eigenvalue weighted by Gasteiger charge is 2.69. The maximum atomic E-state index is 12.7. The number of carbonyl (C=O) groups is 1. The molecule has 0 spiro atoms. The number of halogens is 6. The van der Waals surface area contributed by atoms with E-state index in [1.54, 1.807) is 0 Å². The van der Waals surface area contributed by atoms with Crippen molar-refractivity contribution in [2.45, 2.75) is 64.6 Å². The van der Waals surface area contributed by atoms with Crippen molar-refractivity contribution in [1.82, 2.24) is 10.2 Å². The second kappa shape index (κ2) is 5.69. The van der Waals surface area contributed by atoms with Crippen LogP contribution < -0.4 is 5.32 Å². The summed E-state index contributed by atoms with van der Waals surface area (Å²) < 4.78 is 76.0. The smallest absolute Gasteiger partial charge is 0.320 e. The Hall–Kier alpha value is -1.15. The van der Waals surface area contributed by atoms with Crippen LogP contribution in [-0.4, -0.2) is 40.9 Å². The average Bonchev–Trinajstić information content (AvgIpc) is 2.11. The lowest BCUT2D eigenvalue weighted by molar-refractivity contribution is -0.298. The van der Waals surface area contributed by atoms with E-state index in [4.69, 9.17) is 0 Å². The van der Waals surface area contributed by atoms with E-state index in [0.29, 0.717) is 0 Å². The van der Waals surface area contributed by atoms with Gasteiger partial charge in [0, 0.05) is 12.1 Å². The molecule has 0 bridgehead atoms. The molecule has 0 atom stereocenters. The Balaban J connectivity index is 5.46. The highest BCUT2D eigenvalue weighted by atomic mass is 19.4. The van der Waals surface area contributed by atoms with Gasteiger partial charge in [-0.05, 0) is 34.6 Å². The van der Waals surface area contributed by atoms with Crippen molar-refractivity contribution in [3.63, 3.8) is 0 Å². The third kappa shape index (κ3) is 3.69. The number of hydrogen-bond acceptors (Lipinski definition) is 1. The average molecular weight is 308 g/mol. The van der Waals surface area contributed by atoms with Gasteiger partial charge in [-0.3, -0.25) is 0 Å². The Kier molecular flexibility index (Phi) is 5.36. The van der Waals surface area contributed by atoms with Gasteiger partial charge in [0.05, 0.1) is 0 Å². The predicted octanol–water partition coefficient (Wildman–Crippen LogP) is 3.70. The van der Waals surface area contributed by atoms with Gasteiger partial charge in [-0.1, -0.05) is 0 Å². The van der Waals surface area contributed by atoms with Crippen LogP contribution in [0.4, 0.5) is 31.1 Å². The van der Waals surface area contributed by atoms with Crippen molar-refractivity contribution in [3.8, 4) is 0 Å². The van der Waals surface area contributed by atoms with E-state index in [0.717, 1.165) is 10.2 Å². The number of urea groups is 1. The molecule has 0 aliphatic rings. The van der Waals surface area contributed by atoms with Gasteiger partial charge < -0.3 is 10.2 Å². The van der Waals surface area contributed by atoms with Gasteiger partial charge in [0.2, 0.25) is 5.54 Å². The fourth-order valence-corrected chi connectivity index (χ4v) is 1.65. The molecule has 2 amide bonds. The van der Waals surface area contributed by atoms with Crippen molar-refractivity contribution in [1.29, 1.82) is 0 Å². The monoisotopic (exact) mass is 308 g/mol. The zero-order chi connectivity index (χ0) is 16.5. The molecule has 0 aromatic heterocycles. The first-order valence-corrected chi connectivity index (χ1v) is 5.89. The van der Waals surface area contributed by atoms with E-state index in [1.165, 1.54) is 27.7 Å². The zero-order valence-corrected chi connectivity index (χ0v) is 11.8. The molecular weight excluding hydrogens is 290 g/mol. The molecule has 0 fully saturated rings. The van der Waals surface area contributed by atoms with Gasteiger partial charge in [-0.25, -0.2) is 4.79 Å². The molecule has 0 heterocycles. The van der Waals surface area contributed by atoms with Gasteiger partial charge in [-0.2, -0.15) is 26.3 Å². The molecule has 0 radical (unpaired) electrons. The summed E-state index contributed by atoms with van der Waals surface area (Å²) in [4.78, 5) is 12.7. The third-order valence-corrected chi connectivity index (χ3v) is 2.84. The summed E-state index contributed by atoms with van der Waals surface area (Å²) in [6, 6.07) is -2.49. The molecule has 0 aromatic carbocycles.